The highest BCUT2D eigenvalue weighted by Crippen LogP contribution is 1.70. The van der Waals surface area contributed by atoms with Crippen molar-refractivity contribution in [2.45, 2.75) is 6.92 Å². The first-order chi connectivity index (χ1) is 3.27. The molecule has 1 N–H and O–H groups in total. The Morgan fingerprint density at radius 3 is 2.43 bits per heavy atom. The molecule has 0 radical (unpaired) electrons. The molecule has 0 atom stereocenters. The molecule has 0 fully saturated rings. The number of carbonyl (C=O) groups excluding carboxylic acids is 1. The van der Waals surface area contributed by atoms with Gasteiger partial charge in [0.05, 0.1) is 0 Å². The van der Waals surface area contributed by atoms with E-state index < -0.39 is 5.97 Å². The van der Waals surface area contributed by atoms with E-state index in [9.17, 15) is 4.79 Å². The van der Waals surface area contributed by atoms with Gasteiger partial charge in [0.2, 0.25) is 0 Å². The molecule has 0 bridgehead atoms. The number of hydrogen-bond acceptors (Lipinski definition) is 4. The summed E-state index contributed by atoms with van der Waals surface area (Å²) in [6, 6.07) is 0. The topological polar surface area (TPSA) is 47.6 Å². The maximum Gasteiger partial charge on any atom is 0.341 e. The molecule has 4 nitrogen and oxygen atoms in total. The van der Waals surface area contributed by atoms with E-state index >= 15 is 0 Å². The number of rotatable bonds is 2. The number of hydrogen-bond donors (Lipinski definition) is 1. The maximum absolute atomic E-state index is 9.82. The second-order valence-electron chi connectivity index (χ2n) is 0.862. The van der Waals surface area contributed by atoms with E-state index in [0.29, 0.717) is 0 Å². The fraction of sp³-hybridized carbons (Fsp3) is 0.667. The van der Waals surface area contributed by atoms with Crippen molar-refractivity contribution in [3.63, 3.8) is 0 Å². The predicted octanol–water partition coefficient (Wildman–Crippen LogP) is -0.385. The molecule has 0 aromatic heterocycles. The van der Waals surface area contributed by atoms with Gasteiger partial charge >= 0.3 is 5.97 Å². The summed E-state index contributed by atoms with van der Waals surface area (Å²) in [7, 11) is 1.49. The van der Waals surface area contributed by atoms with Gasteiger partial charge in [-0.25, -0.2) is 4.79 Å². The zero-order valence-corrected chi connectivity index (χ0v) is 4.22. The first kappa shape index (κ1) is 6.39. The highest BCUT2D eigenvalue weighted by molar-refractivity contribution is 5.65. The zero-order valence-electron chi connectivity index (χ0n) is 4.22. The Morgan fingerprint density at radius 2 is 2.29 bits per heavy atom. The number of hydroxylamine groups is 1. The lowest BCUT2D eigenvalue weighted by Gasteiger charge is -1.93. The molecule has 0 aliphatic rings. The highest BCUT2D eigenvalue weighted by atomic mass is 17.3. The second kappa shape index (κ2) is 3.58. The van der Waals surface area contributed by atoms with Crippen molar-refractivity contribution >= 4 is 5.97 Å². The third kappa shape index (κ3) is 5.39. The van der Waals surface area contributed by atoms with Crippen LogP contribution in [0.4, 0.5) is 0 Å². The van der Waals surface area contributed by atoms with E-state index in [4.69, 9.17) is 0 Å². The Morgan fingerprint density at radius 1 is 1.71 bits per heavy atom. The van der Waals surface area contributed by atoms with Crippen LogP contribution < -0.4 is 5.48 Å². The average molecular weight is 105 g/mol. The van der Waals surface area contributed by atoms with E-state index in [2.05, 4.69) is 15.4 Å². The van der Waals surface area contributed by atoms with E-state index in [1.807, 2.05) is 0 Å². The van der Waals surface area contributed by atoms with Gasteiger partial charge in [-0.1, -0.05) is 4.99 Å². The third-order valence-corrected chi connectivity index (χ3v) is 0.242. The molecule has 0 aliphatic carbocycles. The first-order valence-electron chi connectivity index (χ1n) is 1.78. The quantitative estimate of drug-likeness (QED) is 0.384. The van der Waals surface area contributed by atoms with Crippen LogP contribution in [0.5, 0.6) is 0 Å². The molecule has 0 aliphatic heterocycles. The average Bonchev–Trinajstić information content (AvgIpc) is 1.61. The van der Waals surface area contributed by atoms with Gasteiger partial charge in [-0.2, -0.15) is 5.48 Å². The van der Waals surface area contributed by atoms with E-state index in [0.717, 1.165) is 0 Å². The van der Waals surface area contributed by atoms with Crippen LogP contribution in [0.3, 0.4) is 0 Å². The van der Waals surface area contributed by atoms with Gasteiger partial charge in [0, 0.05) is 14.0 Å². The SMILES string of the molecule is CNOOC(C)=O. The summed E-state index contributed by atoms with van der Waals surface area (Å²) in [6.45, 7) is 1.25. The molecule has 0 unspecified atom stereocenters. The lowest BCUT2D eigenvalue weighted by atomic mass is 10.9. The summed E-state index contributed by atoms with van der Waals surface area (Å²) in [5, 5.41) is 0. The van der Waals surface area contributed by atoms with Crippen LogP contribution in [0.25, 0.3) is 0 Å². The molecule has 0 rings (SSSR count). The van der Waals surface area contributed by atoms with Gasteiger partial charge in [0.1, 0.15) is 0 Å². The van der Waals surface area contributed by atoms with E-state index in [-0.39, 0.29) is 0 Å². The minimum Gasteiger partial charge on any atom is -0.280 e. The van der Waals surface area contributed by atoms with Gasteiger partial charge in [-0.15, -0.1) is 0 Å². The number of nitrogens with one attached hydrogen (secondary N) is 1. The van der Waals surface area contributed by atoms with Crippen molar-refractivity contribution in [3.05, 3.63) is 0 Å². The van der Waals surface area contributed by atoms with Crippen LogP contribution in [0.15, 0.2) is 0 Å². The molecular weight excluding hydrogens is 98.0 g/mol. The molecule has 0 amide bonds. The zero-order chi connectivity index (χ0) is 5.70. The summed E-state index contributed by atoms with van der Waals surface area (Å²) in [5.74, 6) is -0.477. The van der Waals surface area contributed by atoms with Crippen LogP contribution in [0.2, 0.25) is 0 Å². The standard InChI is InChI=1S/C3H7NO3/c1-3(5)6-7-4-2/h4H,1-2H3. The third-order valence-electron chi connectivity index (χ3n) is 0.242. The fourth-order valence-corrected chi connectivity index (χ4v) is 0.100. The Labute approximate surface area is 41.3 Å². The molecule has 0 aromatic carbocycles. The molecule has 0 saturated carbocycles. The van der Waals surface area contributed by atoms with Crippen molar-refractivity contribution in [2.24, 2.45) is 0 Å². The van der Waals surface area contributed by atoms with E-state index in [1.54, 1.807) is 0 Å². The predicted molar refractivity (Wildman–Crippen MR) is 21.9 cm³/mol. The highest BCUT2D eigenvalue weighted by Gasteiger charge is 1.86. The first-order valence-corrected chi connectivity index (χ1v) is 1.78. The molecule has 4 heteroatoms. The monoisotopic (exact) mass is 105 g/mol. The van der Waals surface area contributed by atoms with Crippen LogP contribution in [-0.4, -0.2) is 13.0 Å². The minimum atomic E-state index is -0.477. The molecule has 0 heterocycles. The van der Waals surface area contributed by atoms with Crippen molar-refractivity contribution in [1.29, 1.82) is 0 Å². The van der Waals surface area contributed by atoms with Crippen LogP contribution >= 0.6 is 0 Å². The molecular formula is C3H7NO3. The van der Waals surface area contributed by atoms with E-state index in [1.165, 1.54) is 14.0 Å². The van der Waals surface area contributed by atoms with Crippen LogP contribution in [0.1, 0.15) is 6.92 Å². The van der Waals surface area contributed by atoms with Crippen molar-refractivity contribution in [3.8, 4) is 0 Å². The second-order valence-corrected chi connectivity index (χ2v) is 0.862. The molecule has 7 heavy (non-hydrogen) atoms. The smallest absolute Gasteiger partial charge is 0.280 e. The fourth-order valence-electron chi connectivity index (χ4n) is 0.100. The Bertz CT molecular complexity index is 63.2. The Balaban J connectivity index is 2.82. The van der Waals surface area contributed by atoms with Gasteiger partial charge in [-0.05, 0) is 0 Å². The molecule has 0 spiro atoms. The Kier molecular flexibility index (Phi) is 3.26. The molecule has 0 aromatic rings. The lowest BCUT2D eigenvalue weighted by molar-refractivity contribution is -0.302. The van der Waals surface area contributed by atoms with Gasteiger partial charge in [-0.3, -0.25) is 4.89 Å². The minimum absolute atomic E-state index is 0.477. The molecule has 42 valence electrons. The number of carbonyl (C=O) groups is 1. The maximum atomic E-state index is 9.82. The van der Waals surface area contributed by atoms with Crippen LogP contribution in [-0.2, 0) is 14.7 Å². The summed E-state index contributed by atoms with van der Waals surface area (Å²) in [5.41, 5.74) is 2.16. The van der Waals surface area contributed by atoms with Gasteiger partial charge in [0.25, 0.3) is 0 Å². The van der Waals surface area contributed by atoms with Gasteiger partial charge in [0.15, 0.2) is 0 Å². The summed E-state index contributed by atoms with van der Waals surface area (Å²) in [4.78, 5) is 17.8. The van der Waals surface area contributed by atoms with Crippen LogP contribution in [0, 0.1) is 0 Å². The molecule has 0 saturated heterocycles. The summed E-state index contributed by atoms with van der Waals surface area (Å²) < 4.78 is 0. The van der Waals surface area contributed by atoms with Crippen molar-refractivity contribution in [2.75, 3.05) is 7.05 Å². The van der Waals surface area contributed by atoms with Crippen molar-refractivity contribution in [1.82, 2.24) is 5.48 Å². The van der Waals surface area contributed by atoms with Gasteiger partial charge < -0.3 is 0 Å². The summed E-state index contributed by atoms with van der Waals surface area (Å²) >= 11 is 0. The van der Waals surface area contributed by atoms with Crippen molar-refractivity contribution < 1.29 is 14.7 Å². The Hall–Kier alpha value is -0.610. The summed E-state index contributed by atoms with van der Waals surface area (Å²) in [6.07, 6.45) is 0. The lowest BCUT2D eigenvalue weighted by Crippen LogP contribution is -2.10. The normalized spacial score (nSPS) is 8.29. The largest absolute Gasteiger partial charge is 0.341 e.